The number of anilines is 1. The van der Waals surface area contributed by atoms with Gasteiger partial charge in [-0.3, -0.25) is 4.79 Å². The summed E-state index contributed by atoms with van der Waals surface area (Å²) in [5, 5.41) is 6.60. The van der Waals surface area contributed by atoms with E-state index in [-0.39, 0.29) is 11.9 Å². The van der Waals surface area contributed by atoms with Gasteiger partial charge in [-0.1, -0.05) is 55.3 Å². The Morgan fingerprint density at radius 1 is 0.963 bits per heavy atom. The molecule has 1 amide bonds. The van der Waals surface area contributed by atoms with Gasteiger partial charge in [-0.05, 0) is 48.4 Å². The molecule has 2 aliphatic rings. The molecule has 0 aromatic heterocycles. The van der Waals surface area contributed by atoms with Crippen LogP contribution in [0.3, 0.4) is 0 Å². The zero-order valence-corrected chi connectivity index (χ0v) is 15.7. The van der Waals surface area contributed by atoms with Gasteiger partial charge in [0.15, 0.2) is 0 Å². The van der Waals surface area contributed by atoms with Gasteiger partial charge in [-0.15, -0.1) is 0 Å². The minimum Gasteiger partial charge on any atom is -0.372 e. The van der Waals surface area contributed by atoms with E-state index in [2.05, 4.69) is 22.8 Å². The molecule has 2 aromatic rings. The summed E-state index contributed by atoms with van der Waals surface area (Å²) in [5.41, 5.74) is 3.13. The maximum absolute atomic E-state index is 12.6. The molecule has 1 saturated heterocycles. The second-order valence-corrected chi connectivity index (χ2v) is 7.77. The third kappa shape index (κ3) is 4.76. The van der Waals surface area contributed by atoms with Crippen LogP contribution in [0.4, 0.5) is 5.69 Å². The van der Waals surface area contributed by atoms with Gasteiger partial charge < -0.3 is 15.4 Å². The van der Waals surface area contributed by atoms with Crippen molar-refractivity contribution in [2.24, 2.45) is 5.92 Å². The second-order valence-electron chi connectivity index (χ2n) is 7.77. The van der Waals surface area contributed by atoms with Gasteiger partial charge in [0, 0.05) is 11.7 Å². The minimum atomic E-state index is -0.0491. The van der Waals surface area contributed by atoms with E-state index in [1.54, 1.807) is 0 Å². The number of carbonyl (C=O) groups is 1. The molecule has 142 valence electrons. The van der Waals surface area contributed by atoms with Crippen LogP contribution in [-0.4, -0.2) is 18.0 Å². The summed E-state index contributed by atoms with van der Waals surface area (Å²) in [6.07, 6.45) is 6.05. The van der Waals surface area contributed by atoms with Crippen LogP contribution < -0.4 is 10.6 Å². The Labute approximate surface area is 161 Å². The van der Waals surface area contributed by atoms with Crippen molar-refractivity contribution in [1.82, 2.24) is 5.32 Å². The molecule has 1 aliphatic carbocycles. The number of carbonyl (C=O) groups excluding carboxylic acids is 1. The Hall–Kier alpha value is -2.17. The van der Waals surface area contributed by atoms with Gasteiger partial charge in [0.05, 0.1) is 19.3 Å². The molecule has 3 atom stereocenters. The van der Waals surface area contributed by atoms with Gasteiger partial charge in [-0.2, -0.15) is 0 Å². The lowest BCUT2D eigenvalue weighted by Crippen LogP contribution is -2.39. The van der Waals surface area contributed by atoms with E-state index in [4.69, 9.17) is 4.74 Å². The Bertz CT molecular complexity index is 731. The Kier molecular flexibility index (Phi) is 5.85. The predicted molar refractivity (Wildman–Crippen MR) is 107 cm³/mol. The molecule has 1 aliphatic heterocycles. The second kappa shape index (κ2) is 8.68. The van der Waals surface area contributed by atoms with E-state index in [0.717, 1.165) is 17.7 Å². The SMILES string of the molecule is O=C(Nc1ccc(COCc2ccccc2)cc1)C1CC2CCCCC2N1. The number of hydrogen-bond acceptors (Lipinski definition) is 3. The monoisotopic (exact) mass is 364 g/mol. The van der Waals surface area contributed by atoms with Crippen molar-refractivity contribution in [3.05, 3.63) is 65.7 Å². The number of hydrogen-bond donors (Lipinski definition) is 2. The number of benzene rings is 2. The highest BCUT2D eigenvalue weighted by molar-refractivity contribution is 5.95. The number of rotatable bonds is 6. The van der Waals surface area contributed by atoms with Crippen molar-refractivity contribution in [1.29, 1.82) is 0 Å². The molecule has 27 heavy (non-hydrogen) atoms. The molecule has 2 fully saturated rings. The van der Waals surface area contributed by atoms with Crippen LogP contribution in [0.2, 0.25) is 0 Å². The minimum absolute atomic E-state index is 0.0491. The number of fused-ring (bicyclic) bond motifs is 1. The van der Waals surface area contributed by atoms with Gasteiger partial charge in [0.25, 0.3) is 0 Å². The fourth-order valence-electron chi connectivity index (χ4n) is 4.30. The van der Waals surface area contributed by atoms with Crippen molar-refractivity contribution >= 4 is 11.6 Å². The van der Waals surface area contributed by atoms with E-state index < -0.39 is 0 Å². The first-order valence-electron chi connectivity index (χ1n) is 10.1. The average Bonchev–Trinajstić information content (AvgIpc) is 3.15. The van der Waals surface area contributed by atoms with Crippen molar-refractivity contribution in [3.63, 3.8) is 0 Å². The number of amides is 1. The summed E-state index contributed by atoms with van der Waals surface area (Å²) in [4.78, 5) is 12.6. The summed E-state index contributed by atoms with van der Waals surface area (Å²) in [6.45, 7) is 1.17. The summed E-state index contributed by atoms with van der Waals surface area (Å²) < 4.78 is 5.76. The van der Waals surface area contributed by atoms with Crippen LogP contribution in [-0.2, 0) is 22.7 Å². The highest BCUT2D eigenvalue weighted by Crippen LogP contribution is 2.33. The Morgan fingerprint density at radius 2 is 1.67 bits per heavy atom. The van der Waals surface area contributed by atoms with E-state index in [1.807, 2.05) is 42.5 Å². The molecular formula is C23H28N2O2. The number of nitrogens with one attached hydrogen (secondary N) is 2. The fraction of sp³-hybridized carbons (Fsp3) is 0.435. The molecule has 4 heteroatoms. The first kappa shape index (κ1) is 18.2. The molecule has 2 aromatic carbocycles. The first-order valence-corrected chi connectivity index (χ1v) is 10.1. The summed E-state index contributed by atoms with van der Waals surface area (Å²) in [5.74, 6) is 0.774. The predicted octanol–water partition coefficient (Wildman–Crippen LogP) is 4.26. The molecule has 4 nitrogen and oxygen atoms in total. The lowest BCUT2D eigenvalue weighted by Gasteiger charge is -2.24. The van der Waals surface area contributed by atoms with Crippen molar-refractivity contribution in [2.45, 2.75) is 57.4 Å². The van der Waals surface area contributed by atoms with E-state index in [1.165, 1.54) is 31.2 Å². The maximum Gasteiger partial charge on any atom is 0.241 e. The van der Waals surface area contributed by atoms with Gasteiger partial charge >= 0.3 is 0 Å². The third-order valence-corrected chi connectivity index (χ3v) is 5.78. The highest BCUT2D eigenvalue weighted by atomic mass is 16.5. The lowest BCUT2D eigenvalue weighted by molar-refractivity contribution is -0.117. The maximum atomic E-state index is 12.6. The van der Waals surface area contributed by atoms with Crippen molar-refractivity contribution in [2.75, 3.05) is 5.32 Å². The average molecular weight is 364 g/mol. The Balaban J connectivity index is 1.24. The molecular weight excluding hydrogens is 336 g/mol. The zero-order chi connectivity index (χ0) is 18.5. The van der Waals surface area contributed by atoms with Crippen LogP contribution in [0.25, 0.3) is 0 Å². The number of ether oxygens (including phenoxy) is 1. The van der Waals surface area contributed by atoms with Crippen LogP contribution in [0.5, 0.6) is 0 Å². The molecule has 0 spiro atoms. The summed E-state index contributed by atoms with van der Waals surface area (Å²) in [6, 6.07) is 18.6. The van der Waals surface area contributed by atoms with Crippen LogP contribution in [0.15, 0.2) is 54.6 Å². The standard InChI is InChI=1S/C23H28N2O2/c26-23(22-14-19-8-4-5-9-21(19)25-22)24-20-12-10-18(11-13-20)16-27-15-17-6-2-1-3-7-17/h1-3,6-7,10-13,19,21-22,25H,4-5,8-9,14-16H2,(H,24,26). The molecule has 2 N–H and O–H groups in total. The van der Waals surface area contributed by atoms with E-state index >= 15 is 0 Å². The van der Waals surface area contributed by atoms with Gasteiger partial charge in [0.2, 0.25) is 5.91 Å². The topological polar surface area (TPSA) is 50.4 Å². The quantitative estimate of drug-likeness (QED) is 0.805. The van der Waals surface area contributed by atoms with Gasteiger partial charge in [-0.25, -0.2) is 0 Å². The Morgan fingerprint density at radius 3 is 2.41 bits per heavy atom. The highest BCUT2D eigenvalue weighted by Gasteiger charge is 2.38. The van der Waals surface area contributed by atoms with E-state index in [0.29, 0.717) is 25.2 Å². The summed E-state index contributed by atoms with van der Waals surface area (Å²) in [7, 11) is 0. The van der Waals surface area contributed by atoms with Crippen LogP contribution in [0.1, 0.15) is 43.2 Å². The van der Waals surface area contributed by atoms with Crippen molar-refractivity contribution in [3.8, 4) is 0 Å². The molecule has 4 rings (SSSR count). The molecule has 1 heterocycles. The normalized spacial score (nSPS) is 24.4. The fourth-order valence-corrected chi connectivity index (χ4v) is 4.30. The smallest absolute Gasteiger partial charge is 0.241 e. The van der Waals surface area contributed by atoms with Gasteiger partial charge in [0.1, 0.15) is 0 Å². The first-order chi connectivity index (χ1) is 13.3. The van der Waals surface area contributed by atoms with Crippen molar-refractivity contribution < 1.29 is 9.53 Å². The van der Waals surface area contributed by atoms with Crippen LogP contribution >= 0.6 is 0 Å². The lowest BCUT2D eigenvalue weighted by atomic mass is 9.85. The molecule has 3 unspecified atom stereocenters. The molecule has 0 bridgehead atoms. The van der Waals surface area contributed by atoms with Crippen LogP contribution in [0, 0.1) is 5.92 Å². The summed E-state index contributed by atoms with van der Waals surface area (Å²) >= 11 is 0. The zero-order valence-electron chi connectivity index (χ0n) is 15.7. The molecule has 0 radical (unpaired) electrons. The third-order valence-electron chi connectivity index (χ3n) is 5.78. The molecule has 1 saturated carbocycles. The van der Waals surface area contributed by atoms with E-state index in [9.17, 15) is 4.79 Å². The largest absolute Gasteiger partial charge is 0.372 e.